The molecule has 0 amide bonds. The van der Waals surface area contributed by atoms with Crippen LogP contribution in [0, 0.1) is 0 Å². The zero-order valence-electron chi connectivity index (χ0n) is 11.0. The number of rotatable bonds is 5. The first-order valence-electron chi connectivity index (χ1n) is 5.67. The third kappa shape index (κ3) is 2.52. The van der Waals surface area contributed by atoms with Crippen molar-refractivity contribution >= 4 is 6.01 Å². The van der Waals surface area contributed by atoms with Crippen molar-refractivity contribution in [1.82, 2.24) is 15.5 Å². The van der Waals surface area contributed by atoms with Gasteiger partial charge in [0, 0.05) is 12.6 Å². The average molecular weight is 226 g/mol. The van der Waals surface area contributed by atoms with Crippen LogP contribution < -0.4 is 10.2 Å². The Morgan fingerprint density at radius 2 is 2.06 bits per heavy atom. The fraction of sp³-hybridized carbons (Fsp3) is 0.818. The van der Waals surface area contributed by atoms with Crippen LogP contribution in [0.15, 0.2) is 4.42 Å². The fourth-order valence-corrected chi connectivity index (χ4v) is 1.16. The van der Waals surface area contributed by atoms with Crippen LogP contribution in [0.1, 0.15) is 46.0 Å². The van der Waals surface area contributed by atoms with Crippen molar-refractivity contribution < 1.29 is 4.42 Å². The SMILES string of the molecule is CCC(C)(C)N(C)c1nnc(C(C)NC)o1. The molecule has 0 radical (unpaired) electrons. The Morgan fingerprint density at radius 3 is 2.56 bits per heavy atom. The lowest BCUT2D eigenvalue weighted by atomic mass is 10.0. The summed E-state index contributed by atoms with van der Waals surface area (Å²) in [6, 6.07) is 0.656. The van der Waals surface area contributed by atoms with Gasteiger partial charge in [-0.3, -0.25) is 0 Å². The fourth-order valence-electron chi connectivity index (χ4n) is 1.16. The zero-order valence-corrected chi connectivity index (χ0v) is 11.0. The highest BCUT2D eigenvalue weighted by molar-refractivity contribution is 5.27. The van der Waals surface area contributed by atoms with Crippen molar-refractivity contribution in [1.29, 1.82) is 0 Å². The number of nitrogens with one attached hydrogen (secondary N) is 1. The average Bonchev–Trinajstić information content (AvgIpc) is 2.76. The van der Waals surface area contributed by atoms with Crippen LogP contribution in [0.5, 0.6) is 0 Å². The van der Waals surface area contributed by atoms with E-state index >= 15 is 0 Å². The van der Waals surface area contributed by atoms with E-state index in [2.05, 4.69) is 36.3 Å². The van der Waals surface area contributed by atoms with Gasteiger partial charge in [0.1, 0.15) is 0 Å². The number of nitrogens with zero attached hydrogens (tertiary/aromatic N) is 3. The summed E-state index contributed by atoms with van der Waals surface area (Å²) in [4.78, 5) is 2.02. The van der Waals surface area contributed by atoms with E-state index in [1.165, 1.54) is 0 Å². The lowest BCUT2D eigenvalue weighted by Crippen LogP contribution is -2.40. The summed E-state index contributed by atoms with van der Waals surface area (Å²) >= 11 is 0. The van der Waals surface area contributed by atoms with Gasteiger partial charge < -0.3 is 14.6 Å². The van der Waals surface area contributed by atoms with E-state index in [-0.39, 0.29) is 11.6 Å². The molecular formula is C11H22N4O. The first kappa shape index (κ1) is 13.0. The van der Waals surface area contributed by atoms with E-state index in [4.69, 9.17) is 4.42 Å². The highest BCUT2D eigenvalue weighted by atomic mass is 16.4. The second-order valence-electron chi connectivity index (χ2n) is 4.66. The summed E-state index contributed by atoms with van der Waals surface area (Å²) in [5.41, 5.74) is 0.0205. The Labute approximate surface area is 97.2 Å². The Balaban J connectivity index is 2.86. The van der Waals surface area contributed by atoms with Crippen molar-refractivity contribution in [2.75, 3.05) is 19.0 Å². The summed E-state index contributed by atoms with van der Waals surface area (Å²) in [7, 11) is 3.85. The third-order valence-electron chi connectivity index (χ3n) is 3.29. The van der Waals surface area contributed by atoms with Crippen LogP contribution in [0.3, 0.4) is 0 Å². The van der Waals surface area contributed by atoms with E-state index in [1.807, 2.05) is 25.9 Å². The van der Waals surface area contributed by atoms with Crippen molar-refractivity contribution in [2.45, 2.75) is 45.7 Å². The van der Waals surface area contributed by atoms with Crippen LogP contribution in [0.25, 0.3) is 0 Å². The predicted octanol–water partition coefficient (Wildman–Crippen LogP) is 1.97. The van der Waals surface area contributed by atoms with Crippen LogP contribution >= 0.6 is 0 Å². The van der Waals surface area contributed by atoms with Gasteiger partial charge in [-0.15, -0.1) is 5.10 Å². The maximum Gasteiger partial charge on any atom is 0.318 e. The van der Waals surface area contributed by atoms with Gasteiger partial charge in [0.05, 0.1) is 6.04 Å². The van der Waals surface area contributed by atoms with Crippen LogP contribution in [0.2, 0.25) is 0 Å². The Bertz CT molecular complexity index is 334. The van der Waals surface area contributed by atoms with E-state index in [0.29, 0.717) is 11.9 Å². The minimum absolute atomic E-state index is 0.0205. The summed E-state index contributed by atoms with van der Waals surface area (Å²) in [6.07, 6.45) is 1.02. The van der Waals surface area contributed by atoms with E-state index in [0.717, 1.165) is 6.42 Å². The molecule has 16 heavy (non-hydrogen) atoms. The molecule has 0 saturated heterocycles. The number of hydrogen-bond acceptors (Lipinski definition) is 5. The van der Waals surface area contributed by atoms with Gasteiger partial charge in [-0.2, -0.15) is 0 Å². The summed E-state index contributed by atoms with van der Waals surface area (Å²) in [5, 5.41) is 11.2. The second kappa shape index (κ2) is 4.82. The molecule has 0 saturated carbocycles. The van der Waals surface area contributed by atoms with Gasteiger partial charge in [-0.1, -0.05) is 12.0 Å². The van der Waals surface area contributed by atoms with Crippen molar-refractivity contribution in [3.63, 3.8) is 0 Å². The molecule has 92 valence electrons. The maximum atomic E-state index is 5.63. The van der Waals surface area contributed by atoms with Gasteiger partial charge in [-0.25, -0.2) is 0 Å². The van der Waals surface area contributed by atoms with Gasteiger partial charge in [0.25, 0.3) is 0 Å². The van der Waals surface area contributed by atoms with Crippen molar-refractivity contribution in [2.24, 2.45) is 0 Å². The monoisotopic (exact) mass is 226 g/mol. The molecule has 1 N–H and O–H groups in total. The second-order valence-corrected chi connectivity index (χ2v) is 4.66. The smallest absolute Gasteiger partial charge is 0.318 e. The lowest BCUT2D eigenvalue weighted by Gasteiger charge is -2.33. The number of anilines is 1. The van der Waals surface area contributed by atoms with E-state index in [9.17, 15) is 0 Å². The molecular weight excluding hydrogens is 204 g/mol. The largest absolute Gasteiger partial charge is 0.406 e. The van der Waals surface area contributed by atoms with Crippen molar-refractivity contribution in [3.05, 3.63) is 5.89 Å². The lowest BCUT2D eigenvalue weighted by molar-refractivity contribution is 0.393. The molecule has 0 bridgehead atoms. The molecule has 1 heterocycles. The Morgan fingerprint density at radius 1 is 1.44 bits per heavy atom. The molecule has 0 aliphatic heterocycles. The van der Waals surface area contributed by atoms with Crippen molar-refractivity contribution in [3.8, 4) is 0 Å². The Hall–Kier alpha value is -1.10. The maximum absolute atomic E-state index is 5.63. The molecule has 1 rings (SSSR count). The minimum atomic E-state index is 0.0205. The molecule has 1 aromatic heterocycles. The summed E-state index contributed by atoms with van der Waals surface area (Å²) in [5.74, 6) is 0.622. The molecule has 0 aliphatic carbocycles. The molecule has 0 fully saturated rings. The van der Waals surface area contributed by atoms with Crippen LogP contribution in [0.4, 0.5) is 6.01 Å². The zero-order chi connectivity index (χ0) is 12.3. The summed E-state index contributed by atoms with van der Waals surface area (Å²) < 4.78 is 5.63. The summed E-state index contributed by atoms with van der Waals surface area (Å²) in [6.45, 7) is 8.43. The molecule has 1 unspecified atom stereocenters. The number of hydrogen-bond donors (Lipinski definition) is 1. The van der Waals surface area contributed by atoms with Crippen LogP contribution in [-0.4, -0.2) is 29.8 Å². The topological polar surface area (TPSA) is 54.2 Å². The van der Waals surface area contributed by atoms with E-state index in [1.54, 1.807) is 0 Å². The number of aromatic nitrogens is 2. The molecule has 0 spiro atoms. The molecule has 5 nitrogen and oxygen atoms in total. The molecule has 1 aromatic rings. The standard InChI is InChI=1S/C11H22N4O/c1-7-11(3,4)15(6)10-14-13-9(16-10)8(2)12-5/h8,12H,7H2,1-6H3. The first-order chi connectivity index (χ1) is 7.42. The third-order valence-corrected chi connectivity index (χ3v) is 3.29. The highest BCUT2D eigenvalue weighted by Crippen LogP contribution is 2.24. The normalized spacial score (nSPS) is 13.9. The van der Waals surface area contributed by atoms with Crippen LogP contribution in [-0.2, 0) is 0 Å². The van der Waals surface area contributed by atoms with Gasteiger partial charge in [-0.05, 0) is 34.2 Å². The molecule has 0 aliphatic rings. The first-order valence-corrected chi connectivity index (χ1v) is 5.67. The quantitative estimate of drug-likeness (QED) is 0.832. The van der Waals surface area contributed by atoms with Gasteiger partial charge in [0.2, 0.25) is 5.89 Å². The van der Waals surface area contributed by atoms with Gasteiger partial charge in [0.15, 0.2) is 0 Å². The minimum Gasteiger partial charge on any atom is -0.406 e. The molecule has 1 atom stereocenters. The highest BCUT2D eigenvalue weighted by Gasteiger charge is 2.26. The Kier molecular flexibility index (Phi) is 3.91. The predicted molar refractivity (Wildman–Crippen MR) is 64.5 cm³/mol. The molecule has 5 heteroatoms. The van der Waals surface area contributed by atoms with E-state index < -0.39 is 0 Å². The molecule has 0 aromatic carbocycles. The van der Waals surface area contributed by atoms with Gasteiger partial charge >= 0.3 is 6.01 Å².